The van der Waals surface area contributed by atoms with Crippen molar-refractivity contribution in [2.75, 3.05) is 5.32 Å². The number of fused-ring (bicyclic) bond motifs is 1. The molecule has 0 saturated carbocycles. The van der Waals surface area contributed by atoms with Crippen LogP contribution in [0.25, 0.3) is 33.9 Å². The van der Waals surface area contributed by atoms with Gasteiger partial charge in [0.2, 0.25) is 0 Å². The lowest BCUT2D eigenvalue weighted by atomic mass is 10.1. The highest BCUT2D eigenvalue weighted by atomic mass is 19.4. The van der Waals surface area contributed by atoms with Gasteiger partial charge < -0.3 is 14.9 Å². The first-order valence-electron chi connectivity index (χ1n) is 10.3. The number of aryl methyl sites for hydroxylation is 1. The Kier molecular flexibility index (Phi) is 5.42. The molecule has 5 rings (SSSR count). The standard InChI is InChI=1S/C23H16F5N7/c1-35-10-17(23(26,27)28)32-22(35)13-4-2-12(3-5-13)9-29-20-18-21(31-11-30-18)34-19(33-20)14-6-15(24)8-16(25)7-14/h2-8,10-11H,9H2,1H3,(H2,29,30,31,33,34). The molecule has 0 atom stereocenters. The Morgan fingerprint density at radius 1 is 0.943 bits per heavy atom. The van der Waals surface area contributed by atoms with Crippen LogP contribution in [0.15, 0.2) is 55.0 Å². The molecule has 0 amide bonds. The monoisotopic (exact) mass is 485 g/mol. The molecule has 0 saturated heterocycles. The Morgan fingerprint density at radius 3 is 2.31 bits per heavy atom. The quantitative estimate of drug-likeness (QED) is 0.329. The highest BCUT2D eigenvalue weighted by Gasteiger charge is 2.34. The Morgan fingerprint density at radius 2 is 1.66 bits per heavy atom. The largest absolute Gasteiger partial charge is 0.434 e. The van der Waals surface area contributed by atoms with Gasteiger partial charge in [0.05, 0.1) is 6.33 Å². The lowest BCUT2D eigenvalue weighted by Crippen LogP contribution is -2.05. The SMILES string of the molecule is Cn1cc(C(F)(F)F)nc1-c1ccc(CNc2nc(-c3cc(F)cc(F)c3)nc3nc[nH]c23)cc1. The van der Waals surface area contributed by atoms with Gasteiger partial charge in [-0.1, -0.05) is 24.3 Å². The predicted octanol–water partition coefficient (Wildman–Crippen LogP) is 5.33. The molecule has 3 heterocycles. The third kappa shape index (κ3) is 4.54. The zero-order valence-electron chi connectivity index (χ0n) is 18.0. The van der Waals surface area contributed by atoms with E-state index in [1.54, 1.807) is 24.3 Å². The van der Waals surface area contributed by atoms with Crippen LogP contribution in [0, 0.1) is 11.6 Å². The predicted molar refractivity (Wildman–Crippen MR) is 118 cm³/mol. The zero-order valence-corrected chi connectivity index (χ0v) is 18.0. The first-order chi connectivity index (χ1) is 16.7. The second-order valence-electron chi connectivity index (χ2n) is 7.76. The van der Waals surface area contributed by atoms with Crippen LogP contribution in [0.5, 0.6) is 0 Å². The number of hydrogen-bond acceptors (Lipinski definition) is 5. The number of aromatic amines is 1. The van der Waals surface area contributed by atoms with E-state index in [9.17, 15) is 22.0 Å². The second-order valence-corrected chi connectivity index (χ2v) is 7.76. The van der Waals surface area contributed by atoms with Crippen molar-refractivity contribution in [2.24, 2.45) is 7.05 Å². The molecular formula is C23H16F5N7. The minimum absolute atomic E-state index is 0.0936. The summed E-state index contributed by atoms with van der Waals surface area (Å²) in [5.41, 5.74) is 1.36. The number of imidazole rings is 2. The van der Waals surface area contributed by atoms with Gasteiger partial charge in [0.1, 0.15) is 23.0 Å². The highest BCUT2D eigenvalue weighted by Crippen LogP contribution is 2.31. The van der Waals surface area contributed by atoms with Crippen molar-refractivity contribution in [3.05, 3.63) is 77.9 Å². The summed E-state index contributed by atoms with van der Waals surface area (Å²) in [5.74, 6) is -0.851. The Bertz CT molecular complexity index is 1500. The van der Waals surface area contributed by atoms with Gasteiger partial charge in [-0.25, -0.2) is 28.7 Å². The van der Waals surface area contributed by atoms with Gasteiger partial charge in [-0.05, 0) is 17.7 Å². The molecule has 3 aromatic heterocycles. The summed E-state index contributed by atoms with van der Waals surface area (Å²) in [7, 11) is 1.50. The van der Waals surface area contributed by atoms with E-state index in [1.807, 2.05) is 0 Å². The molecule has 0 spiro atoms. The van der Waals surface area contributed by atoms with Gasteiger partial charge in [0.15, 0.2) is 23.0 Å². The number of benzene rings is 2. The molecule has 5 aromatic rings. The number of nitrogens with one attached hydrogen (secondary N) is 2. The number of hydrogen-bond donors (Lipinski definition) is 2. The number of aromatic nitrogens is 6. The second kappa shape index (κ2) is 8.46. The number of halogens is 5. The van der Waals surface area contributed by atoms with Gasteiger partial charge >= 0.3 is 6.18 Å². The third-order valence-electron chi connectivity index (χ3n) is 5.25. The maximum Gasteiger partial charge on any atom is 0.434 e. The van der Waals surface area contributed by atoms with Crippen LogP contribution in [-0.2, 0) is 19.8 Å². The number of alkyl halides is 3. The fourth-order valence-corrected chi connectivity index (χ4v) is 3.60. The summed E-state index contributed by atoms with van der Waals surface area (Å²) in [5, 5.41) is 3.14. The molecule has 0 aliphatic carbocycles. The van der Waals surface area contributed by atoms with Crippen LogP contribution in [0.1, 0.15) is 11.3 Å². The summed E-state index contributed by atoms with van der Waals surface area (Å²) in [4.78, 5) is 19.4. The molecule has 0 fully saturated rings. The first kappa shape index (κ1) is 22.4. The fraction of sp³-hybridized carbons (Fsp3) is 0.130. The summed E-state index contributed by atoms with van der Waals surface area (Å²) in [6.07, 6.45) is -2.15. The average molecular weight is 485 g/mol. The Labute approximate surface area is 194 Å². The minimum atomic E-state index is -4.52. The number of rotatable bonds is 5. The van der Waals surface area contributed by atoms with Crippen molar-refractivity contribution in [1.29, 1.82) is 0 Å². The topological polar surface area (TPSA) is 84.3 Å². The van der Waals surface area contributed by atoms with E-state index >= 15 is 0 Å². The molecule has 0 bridgehead atoms. The first-order valence-corrected chi connectivity index (χ1v) is 10.3. The zero-order chi connectivity index (χ0) is 24.7. The molecule has 0 aliphatic rings. The molecule has 2 aromatic carbocycles. The summed E-state index contributed by atoms with van der Waals surface area (Å²) in [6.45, 7) is 0.302. The molecule has 0 unspecified atom stereocenters. The van der Waals surface area contributed by atoms with Crippen molar-refractivity contribution >= 4 is 17.0 Å². The minimum Gasteiger partial charge on any atom is -0.364 e. The summed E-state index contributed by atoms with van der Waals surface area (Å²) < 4.78 is 67.5. The van der Waals surface area contributed by atoms with E-state index in [0.29, 0.717) is 29.1 Å². The normalized spacial score (nSPS) is 11.8. The number of nitrogens with zero attached hydrogens (tertiary/aromatic N) is 5. The molecule has 0 aliphatic heterocycles. The lowest BCUT2D eigenvalue weighted by Gasteiger charge is -2.10. The van der Waals surface area contributed by atoms with Gasteiger partial charge in [-0.15, -0.1) is 0 Å². The average Bonchev–Trinajstić information content (AvgIpc) is 3.43. The van der Waals surface area contributed by atoms with Crippen molar-refractivity contribution < 1.29 is 22.0 Å². The van der Waals surface area contributed by atoms with E-state index < -0.39 is 23.5 Å². The molecule has 7 nitrogen and oxygen atoms in total. The van der Waals surface area contributed by atoms with Crippen molar-refractivity contribution in [2.45, 2.75) is 12.7 Å². The van der Waals surface area contributed by atoms with E-state index in [4.69, 9.17) is 0 Å². The summed E-state index contributed by atoms with van der Waals surface area (Å²) in [6, 6.07) is 9.85. The molecule has 12 heteroatoms. The van der Waals surface area contributed by atoms with E-state index in [1.165, 1.54) is 17.9 Å². The van der Waals surface area contributed by atoms with E-state index in [-0.39, 0.29) is 17.2 Å². The summed E-state index contributed by atoms with van der Waals surface area (Å²) >= 11 is 0. The van der Waals surface area contributed by atoms with E-state index in [0.717, 1.165) is 30.0 Å². The highest BCUT2D eigenvalue weighted by molar-refractivity contribution is 5.84. The lowest BCUT2D eigenvalue weighted by molar-refractivity contribution is -0.140. The van der Waals surface area contributed by atoms with Crippen LogP contribution in [-0.4, -0.2) is 29.5 Å². The van der Waals surface area contributed by atoms with Gasteiger partial charge in [0, 0.05) is 37.0 Å². The van der Waals surface area contributed by atoms with Crippen molar-refractivity contribution in [3.8, 4) is 22.8 Å². The smallest absolute Gasteiger partial charge is 0.364 e. The van der Waals surface area contributed by atoms with Crippen molar-refractivity contribution in [3.63, 3.8) is 0 Å². The third-order valence-corrected chi connectivity index (χ3v) is 5.25. The van der Waals surface area contributed by atoms with Gasteiger partial charge in [-0.2, -0.15) is 13.2 Å². The van der Waals surface area contributed by atoms with Gasteiger partial charge in [-0.3, -0.25) is 0 Å². The maximum atomic E-state index is 13.7. The fourth-order valence-electron chi connectivity index (χ4n) is 3.60. The van der Waals surface area contributed by atoms with Crippen LogP contribution in [0.4, 0.5) is 27.8 Å². The van der Waals surface area contributed by atoms with Gasteiger partial charge in [0.25, 0.3) is 0 Å². The molecule has 0 radical (unpaired) electrons. The Balaban J connectivity index is 1.39. The van der Waals surface area contributed by atoms with Crippen LogP contribution >= 0.6 is 0 Å². The number of anilines is 1. The van der Waals surface area contributed by atoms with E-state index in [2.05, 4.69) is 30.2 Å². The Hall–Kier alpha value is -4.35. The molecule has 2 N–H and O–H groups in total. The van der Waals surface area contributed by atoms with Crippen molar-refractivity contribution in [1.82, 2.24) is 29.5 Å². The number of H-pyrrole nitrogens is 1. The van der Waals surface area contributed by atoms with Crippen LogP contribution in [0.2, 0.25) is 0 Å². The van der Waals surface area contributed by atoms with Crippen LogP contribution < -0.4 is 5.32 Å². The molecule has 178 valence electrons. The van der Waals surface area contributed by atoms with Crippen LogP contribution in [0.3, 0.4) is 0 Å². The molecular weight excluding hydrogens is 469 g/mol. The maximum absolute atomic E-state index is 13.7. The molecule has 35 heavy (non-hydrogen) atoms.